The van der Waals surface area contributed by atoms with Gasteiger partial charge in [0.15, 0.2) is 0 Å². The van der Waals surface area contributed by atoms with E-state index >= 15 is 0 Å². The molecule has 3 rings (SSSR count). The molecule has 1 amide bonds. The summed E-state index contributed by atoms with van der Waals surface area (Å²) in [5, 5.41) is 12.3. The highest BCUT2D eigenvalue weighted by molar-refractivity contribution is 7.17. The van der Waals surface area contributed by atoms with Crippen LogP contribution in [0.4, 0.5) is 9.80 Å². The van der Waals surface area contributed by atoms with E-state index < -0.39 is 12.1 Å². The van der Waals surface area contributed by atoms with Gasteiger partial charge in [-0.2, -0.15) is 0 Å². The first-order chi connectivity index (χ1) is 10.6. The first-order valence-corrected chi connectivity index (χ1v) is 7.82. The topological polar surface area (TPSA) is 75.6 Å². The van der Waals surface area contributed by atoms with Crippen LogP contribution in [0.25, 0.3) is 0 Å². The van der Waals surface area contributed by atoms with Gasteiger partial charge in [-0.3, -0.25) is 5.32 Å². The summed E-state index contributed by atoms with van der Waals surface area (Å²) in [4.78, 5) is 24.3. The third kappa shape index (κ3) is 2.96. The van der Waals surface area contributed by atoms with Crippen LogP contribution in [0.15, 0.2) is 30.3 Å². The number of aryl methyl sites for hydroxylation is 1. The van der Waals surface area contributed by atoms with E-state index in [-0.39, 0.29) is 12.2 Å². The lowest BCUT2D eigenvalue weighted by Crippen LogP contribution is -2.15. The number of aromatic carboxylic acids is 1. The third-order valence-corrected chi connectivity index (χ3v) is 4.77. The van der Waals surface area contributed by atoms with Crippen molar-refractivity contribution in [2.45, 2.75) is 25.9 Å². The highest BCUT2D eigenvalue weighted by Gasteiger charge is 2.27. The molecule has 2 N–H and O–H groups in total. The average molecular weight is 317 g/mol. The zero-order valence-corrected chi connectivity index (χ0v) is 12.6. The molecular weight excluding hydrogens is 302 g/mol. The van der Waals surface area contributed by atoms with Crippen LogP contribution in [-0.2, 0) is 24.2 Å². The molecule has 22 heavy (non-hydrogen) atoms. The number of benzene rings is 1. The molecule has 2 aromatic rings. The monoisotopic (exact) mass is 317 g/mol. The van der Waals surface area contributed by atoms with Gasteiger partial charge >= 0.3 is 12.1 Å². The molecule has 0 unspecified atom stereocenters. The largest absolute Gasteiger partial charge is 0.478 e. The van der Waals surface area contributed by atoms with Gasteiger partial charge in [-0.15, -0.1) is 11.3 Å². The van der Waals surface area contributed by atoms with E-state index in [4.69, 9.17) is 4.74 Å². The van der Waals surface area contributed by atoms with E-state index in [1.54, 1.807) is 0 Å². The Kier molecular flexibility index (Phi) is 4.11. The number of nitrogens with one attached hydrogen (secondary N) is 1. The minimum absolute atomic E-state index is 0.153. The van der Waals surface area contributed by atoms with Crippen LogP contribution in [0.1, 0.15) is 32.8 Å². The maximum absolute atomic E-state index is 11.9. The molecule has 6 heteroatoms. The Morgan fingerprint density at radius 2 is 2.00 bits per heavy atom. The van der Waals surface area contributed by atoms with Crippen molar-refractivity contribution in [2.24, 2.45) is 0 Å². The highest BCUT2D eigenvalue weighted by Crippen LogP contribution is 2.39. The summed E-state index contributed by atoms with van der Waals surface area (Å²) in [6.07, 6.45) is 1.97. The molecule has 0 atom stereocenters. The van der Waals surface area contributed by atoms with Crippen LogP contribution >= 0.6 is 11.3 Å². The lowest BCUT2D eigenvalue weighted by molar-refractivity contribution is 0.0697. The second-order valence-electron chi connectivity index (χ2n) is 5.05. The van der Waals surface area contributed by atoms with Gasteiger partial charge in [-0.25, -0.2) is 9.59 Å². The molecule has 0 fully saturated rings. The number of anilines is 1. The van der Waals surface area contributed by atoms with Gasteiger partial charge in [0.25, 0.3) is 0 Å². The van der Waals surface area contributed by atoms with E-state index in [0.29, 0.717) is 5.00 Å². The first-order valence-electron chi connectivity index (χ1n) is 7.00. The number of hydrogen-bond acceptors (Lipinski definition) is 4. The van der Waals surface area contributed by atoms with Gasteiger partial charge < -0.3 is 9.84 Å². The van der Waals surface area contributed by atoms with E-state index in [1.807, 2.05) is 30.3 Å². The van der Waals surface area contributed by atoms with Crippen LogP contribution < -0.4 is 5.32 Å². The molecule has 1 aromatic heterocycles. The van der Waals surface area contributed by atoms with Crippen molar-refractivity contribution in [1.82, 2.24) is 0 Å². The number of carbonyl (C=O) groups excluding carboxylic acids is 1. The Balaban J connectivity index is 1.68. The van der Waals surface area contributed by atoms with Gasteiger partial charge in [0, 0.05) is 4.88 Å². The SMILES string of the molecule is O=C(Nc1sc2c(c1C(=O)O)CCC2)OCc1ccccc1. The standard InChI is InChI=1S/C16H15NO4S/c18-15(19)13-11-7-4-8-12(11)22-14(13)17-16(20)21-9-10-5-2-1-3-6-10/h1-3,5-6H,4,7-9H2,(H,17,20)(H,18,19). The Morgan fingerprint density at radius 1 is 1.23 bits per heavy atom. The summed E-state index contributed by atoms with van der Waals surface area (Å²) >= 11 is 1.33. The molecule has 1 aliphatic rings. The van der Waals surface area contributed by atoms with Crippen molar-refractivity contribution in [3.63, 3.8) is 0 Å². The molecule has 1 aromatic carbocycles. The van der Waals surface area contributed by atoms with E-state index in [0.717, 1.165) is 35.3 Å². The molecule has 1 aliphatic carbocycles. The van der Waals surface area contributed by atoms with Gasteiger partial charge in [0.05, 0.1) is 5.56 Å². The van der Waals surface area contributed by atoms with Crippen LogP contribution in [-0.4, -0.2) is 17.2 Å². The predicted molar refractivity (Wildman–Crippen MR) is 83.6 cm³/mol. The molecule has 1 heterocycles. The number of fused-ring (bicyclic) bond motifs is 1. The quantitative estimate of drug-likeness (QED) is 0.902. The fraction of sp³-hybridized carbons (Fsp3) is 0.250. The Morgan fingerprint density at radius 3 is 2.73 bits per heavy atom. The van der Waals surface area contributed by atoms with Crippen molar-refractivity contribution in [1.29, 1.82) is 0 Å². The van der Waals surface area contributed by atoms with Crippen LogP contribution in [0.2, 0.25) is 0 Å². The number of carboxylic acid groups (broad SMARTS) is 1. The number of rotatable bonds is 4. The summed E-state index contributed by atoms with van der Waals surface area (Å²) in [6.45, 7) is 0.153. The molecular formula is C16H15NO4S. The minimum atomic E-state index is -1.00. The van der Waals surface area contributed by atoms with Crippen molar-refractivity contribution in [2.75, 3.05) is 5.32 Å². The summed E-state index contributed by atoms with van der Waals surface area (Å²) in [5.74, 6) is -1.00. The normalized spacial score (nSPS) is 12.7. The molecule has 0 saturated heterocycles. The van der Waals surface area contributed by atoms with E-state index in [2.05, 4.69) is 5.32 Å². The molecule has 0 radical (unpaired) electrons. The van der Waals surface area contributed by atoms with Crippen molar-refractivity contribution in [3.8, 4) is 0 Å². The molecule has 0 saturated carbocycles. The zero-order valence-electron chi connectivity index (χ0n) is 11.8. The third-order valence-electron chi connectivity index (χ3n) is 3.56. The number of carbonyl (C=O) groups is 2. The molecule has 0 bridgehead atoms. The van der Waals surface area contributed by atoms with Gasteiger partial charge in [-0.1, -0.05) is 30.3 Å². The molecule has 5 nitrogen and oxygen atoms in total. The lowest BCUT2D eigenvalue weighted by Gasteiger charge is -2.07. The summed E-state index contributed by atoms with van der Waals surface area (Å²) in [7, 11) is 0. The number of thiophene rings is 1. The fourth-order valence-electron chi connectivity index (χ4n) is 2.57. The van der Waals surface area contributed by atoms with Crippen LogP contribution in [0.3, 0.4) is 0 Å². The van der Waals surface area contributed by atoms with Crippen LogP contribution in [0, 0.1) is 0 Å². The van der Waals surface area contributed by atoms with Crippen molar-refractivity contribution in [3.05, 3.63) is 51.9 Å². The number of hydrogen-bond donors (Lipinski definition) is 2. The second kappa shape index (κ2) is 6.19. The van der Waals surface area contributed by atoms with Crippen molar-refractivity contribution < 1.29 is 19.4 Å². The minimum Gasteiger partial charge on any atom is -0.478 e. The lowest BCUT2D eigenvalue weighted by atomic mass is 10.1. The smallest absolute Gasteiger partial charge is 0.412 e. The molecule has 114 valence electrons. The number of amides is 1. The average Bonchev–Trinajstić information content (AvgIpc) is 3.06. The Hall–Kier alpha value is -2.34. The number of ether oxygens (including phenoxy) is 1. The Labute approximate surface area is 131 Å². The van der Waals surface area contributed by atoms with Gasteiger partial charge in [0.1, 0.15) is 11.6 Å². The van der Waals surface area contributed by atoms with Gasteiger partial charge in [0.2, 0.25) is 0 Å². The maximum Gasteiger partial charge on any atom is 0.412 e. The zero-order chi connectivity index (χ0) is 15.5. The highest BCUT2D eigenvalue weighted by atomic mass is 32.1. The van der Waals surface area contributed by atoms with Crippen molar-refractivity contribution >= 4 is 28.4 Å². The predicted octanol–water partition coefficient (Wildman–Crippen LogP) is 3.68. The maximum atomic E-state index is 11.9. The summed E-state index contributed by atoms with van der Waals surface area (Å²) < 4.78 is 5.13. The first kappa shape index (κ1) is 14.6. The van der Waals surface area contributed by atoms with E-state index in [9.17, 15) is 14.7 Å². The van der Waals surface area contributed by atoms with Crippen LogP contribution in [0.5, 0.6) is 0 Å². The second-order valence-corrected chi connectivity index (χ2v) is 6.16. The molecule has 0 aliphatic heterocycles. The van der Waals surface area contributed by atoms with E-state index in [1.165, 1.54) is 11.3 Å². The molecule has 0 spiro atoms. The number of carboxylic acids is 1. The summed E-state index contributed by atoms with van der Waals surface area (Å²) in [6, 6.07) is 9.33. The Bertz CT molecular complexity index is 708. The fourth-order valence-corrected chi connectivity index (χ4v) is 3.84. The van der Waals surface area contributed by atoms with Gasteiger partial charge in [-0.05, 0) is 30.4 Å². The summed E-state index contributed by atoms with van der Waals surface area (Å²) in [5.41, 5.74) is 1.95.